The first-order chi connectivity index (χ1) is 12.7. The molecular weight excluding hydrogens is 392 g/mol. The van der Waals surface area contributed by atoms with E-state index in [9.17, 15) is 0 Å². The molecule has 0 unspecified atom stereocenters. The summed E-state index contributed by atoms with van der Waals surface area (Å²) < 4.78 is 1.03. The van der Waals surface area contributed by atoms with Crippen molar-refractivity contribution in [1.82, 2.24) is 15.2 Å². The highest BCUT2D eigenvalue weighted by molar-refractivity contribution is 9.10. The summed E-state index contributed by atoms with van der Waals surface area (Å²) >= 11 is 3.49. The van der Waals surface area contributed by atoms with Gasteiger partial charge >= 0.3 is 0 Å². The predicted octanol–water partition coefficient (Wildman–Crippen LogP) is 3.26. The van der Waals surface area contributed by atoms with E-state index in [2.05, 4.69) is 70.9 Å². The standard InChI is InChI=1S/C19H25BrN6/c1-15-13-16(20)14-21-19(15)26-11-9-25(10-12-26)18-6-5-17(22-23-18)24-7-3-2-4-8-24/h5-6,13-14H,2-4,7-12H2,1H3. The average molecular weight is 417 g/mol. The predicted molar refractivity (Wildman–Crippen MR) is 109 cm³/mol. The molecule has 0 aliphatic carbocycles. The van der Waals surface area contributed by atoms with Gasteiger partial charge in [-0.15, -0.1) is 10.2 Å². The number of aryl methyl sites for hydroxylation is 1. The van der Waals surface area contributed by atoms with Gasteiger partial charge in [0.2, 0.25) is 0 Å². The molecule has 4 rings (SSSR count). The van der Waals surface area contributed by atoms with Crippen LogP contribution in [0.4, 0.5) is 17.5 Å². The molecule has 2 aliphatic heterocycles. The minimum Gasteiger partial charge on any atom is -0.355 e. The van der Waals surface area contributed by atoms with Crippen molar-refractivity contribution in [3.63, 3.8) is 0 Å². The second-order valence-electron chi connectivity index (χ2n) is 7.07. The Morgan fingerprint density at radius 3 is 1.96 bits per heavy atom. The zero-order chi connectivity index (χ0) is 17.9. The minimum absolute atomic E-state index is 0.939. The van der Waals surface area contributed by atoms with Crippen LogP contribution in [-0.4, -0.2) is 54.4 Å². The van der Waals surface area contributed by atoms with Gasteiger partial charge in [-0.3, -0.25) is 0 Å². The Kier molecular flexibility index (Phi) is 5.24. The molecule has 0 spiro atoms. The number of piperazine rings is 1. The third-order valence-corrected chi connectivity index (χ3v) is 5.67. The van der Waals surface area contributed by atoms with Gasteiger partial charge in [-0.1, -0.05) is 0 Å². The molecule has 2 aliphatic rings. The summed E-state index contributed by atoms with van der Waals surface area (Å²) in [6.07, 6.45) is 5.72. The topological polar surface area (TPSA) is 48.4 Å². The number of hydrogen-bond donors (Lipinski definition) is 0. The van der Waals surface area contributed by atoms with Crippen LogP contribution in [0.15, 0.2) is 28.9 Å². The third kappa shape index (κ3) is 3.77. The lowest BCUT2D eigenvalue weighted by molar-refractivity contribution is 0.570. The van der Waals surface area contributed by atoms with Gasteiger partial charge in [0.25, 0.3) is 0 Å². The van der Waals surface area contributed by atoms with Crippen LogP contribution in [0, 0.1) is 6.92 Å². The van der Waals surface area contributed by atoms with Crippen LogP contribution >= 0.6 is 15.9 Å². The van der Waals surface area contributed by atoms with Crippen molar-refractivity contribution in [3.05, 3.63) is 34.4 Å². The second kappa shape index (κ2) is 7.78. The van der Waals surface area contributed by atoms with Gasteiger partial charge in [-0.25, -0.2) is 4.98 Å². The Morgan fingerprint density at radius 1 is 0.808 bits per heavy atom. The number of aromatic nitrogens is 3. The molecule has 0 N–H and O–H groups in total. The molecule has 0 aromatic carbocycles. The lowest BCUT2D eigenvalue weighted by atomic mass is 10.1. The van der Waals surface area contributed by atoms with E-state index in [-0.39, 0.29) is 0 Å². The maximum atomic E-state index is 4.59. The number of hydrogen-bond acceptors (Lipinski definition) is 6. The molecule has 0 bridgehead atoms. The van der Waals surface area contributed by atoms with Gasteiger partial charge in [0, 0.05) is 49.9 Å². The Labute approximate surface area is 163 Å². The van der Waals surface area contributed by atoms with E-state index in [1.54, 1.807) is 0 Å². The molecule has 7 heteroatoms. The van der Waals surface area contributed by atoms with Crippen molar-refractivity contribution in [2.45, 2.75) is 26.2 Å². The number of nitrogens with zero attached hydrogens (tertiary/aromatic N) is 6. The first-order valence-corrected chi connectivity index (χ1v) is 10.2. The normalized spacial score (nSPS) is 18.3. The number of pyridine rings is 1. The molecule has 0 radical (unpaired) electrons. The summed E-state index contributed by atoms with van der Waals surface area (Å²) in [4.78, 5) is 11.6. The minimum atomic E-state index is 0.939. The maximum absolute atomic E-state index is 4.59. The molecule has 2 aromatic rings. The average Bonchev–Trinajstić information content (AvgIpc) is 2.69. The van der Waals surface area contributed by atoms with Gasteiger partial charge in [0.15, 0.2) is 11.6 Å². The van der Waals surface area contributed by atoms with Crippen LogP contribution in [0.1, 0.15) is 24.8 Å². The van der Waals surface area contributed by atoms with E-state index in [1.807, 2.05) is 6.20 Å². The lowest BCUT2D eigenvalue weighted by Crippen LogP contribution is -2.47. The van der Waals surface area contributed by atoms with Crippen LogP contribution in [0.2, 0.25) is 0 Å². The summed E-state index contributed by atoms with van der Waals surface area (Å²) in [5.74, 6) is 3.08. The monoisotopic (exact) mass is 416 g/mol. The Morgan fingerprint density at radius 2 is 1.38 bits per heavy atom. The number of anilines is 3. The summed E-state index contributed by atoms with van der Waals surface area (Å²) in [6.45, 7) is 8.10. The van der Waals surface area contributed by atoms with E-state index in [1.165, 1.54) is 24.8 Å². The van der Waals surface area contributed by atoms with Gasteiger partial charge in [-0.2, -0.15) is 0 Å². The number of rotatable bonds is 3. The molecule has 0 amide bonds. The molecule has 26 heavy (non-hydrogen) atoms. The zero-order valence-corrected chi connectivity index (χ0v) is 16.8. The molecule has 138 valence electrons. The van der Waals surface area contributed by atoms with Gasteiger partial charge in [-0.05, 0) is 65.9 Å². The van der Waals surface area contributed by atoms with E-state index in [4.69, 9.17) is 0 Å². The van der Waals surface area contributed by atoms with E-state index < -0.39 is 0 Å². The summed E-state index contributed by atoms with van der Waals surface area (Å²) in [7, 11) is 0. The smallest absolute Gasteiger partial charge is 0.151 e. The fourth-order valence-electron chi connectivity index (χ4n) is 3.79. The van der Waals surface area contributed by atoms with Crippen LogP contribution < -0.4 is 14.7 Å². The second-order valence-corrected chi connectivity index (χ2v) is 7.98. The summed E-state index contributed by atoms with van der Waals surface area (Å²) in [5, 5.41) is 8.98. The van der Waals surface area contributed by atoms with Gasteiger partial charge in [0.05, 0.1) is 0 Å². The van der Waals surface area contributed by atoms with Gasteiger partial charge < -0.3 is 14.7 Å². The van der Waals surface area contributed by atoms with Crippen LogP contribution in [0.25, 0.3) is 0 Å². The Hall–Kier alpha value is -1.89. The van der Waals surface area contributed by atoms with Crippen LogP contribution in [-0.2, 0) is 0 Å². The fourth-order valence-corrected chi connectivity index (χ4v) is 4.24. The Balaban J connectivity index is 1.38. The zero-order valence-electron chi connectivity index (χ0n) is 15.2. The maximum Gasteiger partial charge on any atom is 0.151 e. The Bertz CT molecular complexity index is 736. The SMILES string of the molecule is Cc1cc(Br)cnc1N1CCN(c2ccc(N3CCCCC3)nn2)CC1. The fraction of sp³-hybridized carbons (Fsp3) is 0.526. The first-order valence-electron chi connectivity index (χ1n) is 9.41. The summed E-state index contributed by atoms with van der Waals surface area (Å²) in [6, 6.07) is 6.37. The van der Waals surface area contributed by atoms with Gasteiger partial charge in [0.1, 0.15) is 5.82 Å². The highest BCUT2D eigenvalue weighted by Gasteiger charge is 2.21. The third-order valence-electron chi connectivity index (χ3n) is 5.24. The van der Waals surface area contributed by atoms with E-state index >= 15 is 0 Å². The lowest BCUT2D eigenvalue weighted by Gasteiger charge is -2.36. The number of halogens is 1. The summed E-state index contributed by atoms with van der Waals surface area (Å²) in [5.41, 5.74) is 1.21. The van der Waals surface area contributed by atoms with Crippen molar-refractivity contribution in [2.75, 3.05) is 54.0 Å². The number of piperidine rings is 1. The largest absolute Gasteiger partial charge is 0.355 e. The first kappa shape index (κ1) is 17.5. The van der Waals surface area contributed by atoms with Crippen molar-refractivity contribution in [3.8, 4) is 0 Å². The van der Waals surface area contributed by atoms with Crippen molar-refractivity contribution in [2.24, 2.45) is 0 Å². The quantitative estimate of drug-likeness (QED) is 0.764. The molecule has 4 heterocycles. The molecule has 0 saturated carbocycles. The van der Waals surface area contributed by atoms with Crippen LogP contribution in [0.3, 0.4) is 0 Å². The van der Waals surface area contributed by atoms with Crippen molar-refractivity contribution >= 4 is 33.4 Å². The van der Waals surface area contributed by atoms with Crippen molar-refractivity contribution in [1.29, 1.82) is 0 Å². The van der Waals surface area contributed by atoms with Crippen LogP contribution in [0.5, 0.6) is 0 Å². The molecule has 2 aromatic heterocycles. The highest BCUT2D eigenvalue weighted by atomic mass is 79.9. The van der Waals surface area contributed by atoms with E-state index in [0.29, 0.717) is 0 Å². The van der Waals surface area contributed by atoms with Crippen molar-refractivity contribution < 1.29 is 0 Å². The molecule has 6 nitrogen and oxygen atoms in total. The molecule has 0 atom stereocenters. The molecule has 2 fully saturated rings. The molecule has 2 saturated heterocycles. The highest BCUT2D eigenvalue weighted by Crippen LogP contribution is 2.24. The molecular formula is C19H25BrN6. The van der Waals surface area contributed by atoms with E-state index in [0.717, 1.165) is 61.2 Å².